The Kier molecular flexibility index (Phi) is 7.63. The van der Waals surface area contributed by atoms with Crippen molar-refractivity contribution in [1.82, 2.24) is 24.8 Å². The molecule has 8 heteroatoms. The number of amides is 1. The van der Waals surface area contributed by atoms with Crippen molar-refractivity contribution in [3.63, 3.8) is 0 Å². The van der Waals surface area contributed by atoms with Gasteiger partial charge in [-0.05, 0) is 70.8 Å². The number of aromatic nitrogens is 4. The molecule has 33 heavy (non-hydrogen) atoms. The summed E-state index contributed by atoms with van der Waals surface area (Å²) in [5.41, 5.74) is 1.68. The fourth-order valence-electron chi connectivity index (χ4n) is 5.54. The summed E-state index contributed by atoms with van der Waals surface area (Å²) in [6.07, 6.45) is 12.5. The topological polar surface area (TPSA) is 105 Å². The summed E-state index contributed by atoms with van der Waals surface area (Å²) < 4.78 is 2.11. The van der Waals surface area contributed by atoms with Gasteiger partial charge in [0.15, 0.2) is 11.5 Å². The van der Waals surface area contributed by atoms with Crippen LogP contribution in [0, 0.1) is 5.92 Å². The van der Waals surface area contributed by atoms with E-state index in [4.69, 9.17) is 9.97 Å². The monoisotopic (exact) mass is 454 g/mol. The molecule has 2 saturated carbocycles. The minimum atomic E-state index is -0.115. The number of nitrogens with zero attached hydrogens (tertiary/aromatic N) is 4. The van der Waals surface area contributed by atoms with E-state index in [0.717, 1.165) is 67.8 Å². The molecule has 0 aliphatic heterocycles. The number of aliphatic hydroxyl groups is 1. The SMILES string of the molecule is C=CC(=O)NC1CCCC(Nc2nc(C3CCCC[C@H]3CCO)nc3c2ncn3C(C)C)C1. The Balaban J connectivity index is 1.65. The summed E-state index contributed by atoms with van der Waals surface area (Å²) in [5.74, 6) is 2.23. The minimum absolute atomic E-state index is 0.115. The Labute approximate surface area is 196 Å². The second-order valence-corrected chi connectivity index (χ2v) is 9.93. The highest BCUT2D eigenvalue weighted by Crippen LogP contribution is 2.39. The quantitative estimate of drug-likeness (QED) is 0.519. The molecule has 0 bridgehead atoms. The van der Waals surface area contributed by atoms with Crippen molar-refractivity contribution in [2.45, 2.75) is 95.7 Å². The molecule has 2 aliphatic carbocycles. The van der Waals surface area contributed by atoms with Gasteiger partial charge < -0.3 is 20.3 Å². The lowest BCUT2D eigenvalue weighted by atomic mass is 9.77. The summed E-state index contributed by atoms with van der Waals surface area (Å²) in [4.78, 5) is 26.5. The van der Waals surface area contributed by atoms with Crippen LogP contribution in [0.2, 0.25) is 0 Å². The number of fused-ring (bicyclic) bond motifs is 1. The van der Waals surface area contributed by atoms with E-state index in [0.29, 0.717) is 5.92 Å². The van der Waals surface area contributed by atoms with Gasteiger partial charge >= 0.3 is 0 Å². The van der Waals surface area contributed by atoms with Gasteiger partial charge in [-0.3, -0.25) is 4.79 Å². The smallest absolute Gasteiger partial charge is 0.243 e. The van der Waals surface area contributed by atoms with E-state index >= 15 is 0 Å². The number of carbonyl (C=O) groups excluding carboxylic acids is 1. The predicted molar refractivity (Wildman–Crippen MR) is 130 cm³/mol. The largest absolute Gasteiger partial charge is 0.396 e. The zero-order valence-corrected chi connectivity index (χ0v) is 20.0. The fourth-order valence-corrected chi connectivity index (χ4v) is 5.54. The Hall–Kier alpha value is -2.48. The molecule has 3 N–H and O–H groups in total. The maximum absolute atomic E-state index is 11.8. The van der Waals surface area contributed by atoms with Gasteiger partial charge in [0.2, 0.25) is 5.91 Å². The second kappa shape index (κ2) is 10.6. The summed E-state index contributed by atoms with van der Waals surface area (Å²) in [6, 6.07) is 0.598. The molecule has 0 saturated heterocycles. The van der Waals surface area contributed by atoms with E-state index < -0.39 is 0 Å². The van der Waals surface area contributed by atoms with Gasteiger partial charge in [-0.25, -0.2) is 15.0 Å². The first-order valence-electron chi connectivity index (χ1n) is 12.5. The van der Waals surface area contributed by atoms with Crippen LogP contribution in [0.4, 0.5) is 5.82 Å². The Morgan fingerprint density at radius 2 is 2.00 bits per heavy atom. The average Bonchev–Trinajstić information content (AvgIpc) is 3.24. The fraction of sp³-hybridized carbons (Fsp3) is 0.680. The summed E-state index contributed by atoms with van der Waals surface area (Å²) in [5, 5.41) is 16.3. The first-order valence-corrected chi connectivity index (χ1v) is 12.5. The Morgan fingerprint density at radius 3 is 2.76 bits per heavy atom. The van der Waals surface area contributed by atoms with Gasteiger partial charge in [-0.15, -0.1) is 0 Å². The van der Waals surface area contributed by atoms with Crippen LogP contribution in [-0.2, 0) is 4.79 Å². The Bertz CT molecular complexity index is 969. The van der Waals surface area contributed by atoms with Crippen molar-refractivity contribution >= 4 is 22.9 Å². The van der Waals surface area contributed by atoms with E-state index in [1.807, 2.05) is 6.33 Å². The van der Waals surface area contributed by atoms with Crippen LogP contribution in [0.25, 0.3) is 11.2 Å². The van der Waals surface area contributed by atoms with Crippen LogP contribution in [0.1, 0.15) is 89.4 Å². The highest BCUT2D eigenvalue weighted by atomic mass is 16.3. The normalized spacial score (nSPS) is 25.8. The molecule has 8 nitrogen and oxygen atoms in total. The van der Waals surface area contributed by atoms with Crippen molar-refractivity contribution < 1.29 is 9.90 Å². The standard InChI is InChI=1S/C25H38N6O2/c1-4-21(33)27-18-9-7-10-19(14-18)28-24-22-25(31(15-26-22)16(2)3)30-23(29-24)20-11-6-5-8-17(20)12-13-32/h4,15-20,32H,1,5-14H2,2-3H3,(H,27,33)(H,28,29,30)/t17-,18?,19?,20?/m0/s1. The number of hydrogen-bond acceptors (Lipinski definition) is 6. The lowest BCUT2D eigenvalue weighted by Gasteiger charge is -2.32. The second-order valence-electron chi connectivity index (χ2n) is 9.93. The highest BCUT2D eigenvalue weighted by Gasteiger charge is 2.31. The summed E-state index contributed by atoms with van der Waals surface area (Å²) in [6.45, 7) is 8.05. The molecular weight excluding hydrogens is 416 g/mol. The number of carbonyl (C=O) groups is 1. The van der Waals surface area contributed by atoms with E-state index in [9.17, 15) is 9.90 Å². The molecule has 2 fully saturated rings. The molecule has 3 unspecified atom stereocenters. The first kappa shape index (κ1) is 23.7. The van der Waals surface area contributed by atoms with Gasteiger partial charge in [0, 0.05) is 30.7 Å². The van der Waals surface area contributed by atoms with Gasteiger partial charge in [-0.1, -0.05) is 19.4 Å². The van der Waals surface area contributed by atoms with E-state index in [2.05, 4.69) is 40.6 Å². The summed E-state index contributed by atoms with van der Waals surface area (Å²) >= 11 is 0. The molecule has 4 atom stereocenters. The molecule has 0 aromatic carbocycles. The average molecular weight is 455 g/mol. The maximum atomic E-state index is 11.8. The lowest BCUT2D eigenvalue weighted by molar-refractivity contribution is -0.117. The van der Waals surface area contributed by atoms with Crippen LogP contribution >= 0.6 is 0 Å². The third-order valence-corrected chi connectivity index (χ3v) is 7.28. The van der Waals surface area contributed by atoms with Gasteiger partial charge in [0.1, 0.15) is 11.3 Å². The number of anilines is 1. The molecule has 4 rings (SSSR count). The number of rotatable bonds is 8. The first-order chi connectivity index (χ1) is 16.0. The molecule has 2 aromatic heterocycles. The molecule has 180 valence electrons. The van der Waals surface area contributed by atoms with E-state index in [-0.39, 0.29) is 36.6 Å². The van der Waals surface area contributed by atoms with Crippen molar-refractivity contribution in [2.24, 2.45) is 5.92 Å². The van der Waals surface area contributed by atoms with E-state index in [1.165, 1.54) is 18.9 Å². The zero-order chi connectivity index (χ0) is 23.4. The maximum Gasteiger partial charge on any atom is 0.243 e. The number of hydrogen-bond donors (Lipinski definition) is 3. The van der Waals surface area contributed by atoms with Crippen LogP contribution < -0.4 is 10.6 Å². The van der Waals surface area contributed by atoms with Crippen molar-refractivity contribution in [2.75, 3.05) is 11.9 Å². The molecular formula is C25H38N6O2. The van der Waals surface area contributed by atoms with Gasteiger partial charge in [0.25, 0.3) is 0 Å². The van der Waals surface area contributed by atoms with Crippen molar-refractivity contribution in [3.05, 3.63) is 24.8 Å². The number of imidazole rings is 1. The number of aliphatic hydroxyl groups excluding tert-OH is 1. The molecule has 2 aliphatic rings. The van der Waals surface area contributed by atoms with Crippen LogP contribution in [-0.4, -0.2) is 49.2 Å². The lowest BCUT2D eigenvalue weighted by Crippen LogP contribution is -2.41. The third kappa shape index (κ3) is 5.37. The summed E-state index contributed by atoms with van der Waals surface area (Å²) in [7, 11) is 0. The van der Waals surface area contributed by atoms with Gasteiger partial charge in [-0.2, -0.15) is 0 Å². The van der Waals surface area contributed by atoms with Crippen LogP contribution in [0.3, 0.4) is 0 Å². The zero-order valence-electron chi connectivity index (χ0n) is 20.0. The molecule has 1 amide bonds. The highest BCUT2D eigenvalue weighted by molar-refractivity contribution is 5.87. The molecule has 2 aromatic rings. The molecule has 0 radical (unpaired) electrons. The minimum Gasteiger partial charge on any atom is -0.396 e. The number of nitrogens with one attached hydrogen (secondary N) is 2. The van der Waals surface area contributed by atoms with Crippen molar-refractivity contribution in [3.8, 4) is 0 Å². The van der Waals surface area contributed by atoms with Gasteiger partial charge in [0.05, 0.1) is 6.33 Å². The van der Waals surface area contributed by atoms with Crippen LogP contribution in [0.15, 0.2) is 19.0 Å². The predicted octanol–water partition coefficient (Wildman–Crippen LogP) is 4.09. The third-order valence-electron chi connectivity index (χ3n) is 7.28. The Morgan fingerprint density at radius 1 is 1.21 bits per heavy atom. The van der Waals surface area contributed by atoms with Crippen molar-refractivity contribution in [1.29, 1.82) is 0 Å². The van der Waals surface area contributed by atoms with E-state index in [1.54, 1.807) is 0 Å². The molecule has 2 heterocycles. The van der Waals surface area contributed by atoms with Crippen LogP contribution in [0.5, 0.6) is 0 Å². The molecule has 0 spiro atoms.